The summed E-state index contributed by atoms with van der Waals surface area (Å²) >= 11 is 3.65. The maximum absolute atomic E-state index is 9.30. The summed E-state index contributed by atoms with van der Waals surface area (Å²) in [5, 5.41) is 13.8. The summed E-state index contributed by atoms with van der Waals surface area (Å²) in [7, 11) is 4.13. The molecule has 2 rings (SSSR count). The monoisotopic (exact) mass is 315 g/mol. The average Bonchev–Trinajstić information content (AvgIpc) is 2.54. The number of aromatic nitrogens is 2. The number of rotatable bonds is 5. The standard InChI is InChI=1S/C13H22BrN3O/c1-4-11-13(14)12(17(3)15-11)8-16(2)7-9-5-10(18)6-9/h9-10,18H,4-8H2,1-3H3. The molecule has 1 aliphatic carbocycles. The second-order valence-electron chi connectivity index (χ2n) is 5.37. The van der Waals surface area contributed by atoms with E-state index in [1.54, 1.807) is 0 Å². The van der Waals surface area contributed by atoms with Gasteiger partial charge < -0.3 is 10.0 Å². The fourth-order valence-corrected chi connectivity index (χ4v) is 3.34. The molecule has 0 spiro atoms. The van der Waals surface area contributed by atoms with Gasteiger partial charge >= 0.3 is 0 Å². The van der Waals surface area contributed by atoms with E-state index in [1.165, 1.54) is 5.69 Å². The molecule has 1 fully saturated rings. The third kappa shape index (κ3) is 2.95. The molecule has 5 heteroatoms. The molecule has 1 heterocycles. The van der Waals surface area contributed by atoms with E-state index in [2.05, 4.69) is 39.9 Å². The van der Waals surface area contributed by atoms with Gasteiger partial charge in [0.1, 0.15) is 0 Å². The lowest BCUT2D eigenvalue weighted by atomic mass is 9.82. The summed E-state index contributed by atoms with van der Waals surface area (Å²) in [5.74, 6) is 0.655. The summed E-state index contributed by atoms with van der Waals surface area (Å²) in [4.78, 5) is 2.32. The molecule has 1 aromatic rings. The van der Waals surface area contributed by atoms with Crippen molar-refractivity contribution in [1.29, 1.82) is 0 Å². The van der Waals surface area contributed by atoms with Crippen molar-refractivity contribution in [1.82, 2.24) is 14.7 Å². The largest absolute Gasteiger partial charge is 0.393 e. The van der Waals surface area contributed by atoms with Gasteiger partial charge in [-0.3, -0.25) is 4.68 Å². The lowest BCUT2D eigenvalue weighted by molar-refractivity contribution is 0.0270. The van der Waals surface area contributed by atoms with Gasteiger partial charge in [-0.2, -0.15) is 5.10 Å². The van der Waals surface area contributed by atoms with Crippen molar-refractivity contribution in [2.75, 3.05) is 13.6 Å². The fourth-order valence-electron chi connectivity index (χ4n) is 2.60. The number of aryl methyl sites for hydroxylation is 2. The Morgan fingerprint density at radius 2 is 2.17 bits per heavy atom. The second kappa shape index (κ2) is 5.72. The van der Waals surface area contributed by atoms with E-state index in [4.69, 9.17) is 0 Å². The highest BCUT2D eigenvalue weighted by molar-refractivity contribution is 9.10. The van der Waals surface area contributed by atoms with Gasteiger partial charge in [-0.15, -0.1) is 0 Å². The van der Waals surface area contributed by atoms with Crippen molar-refractivity contribution in [2.24, 2.45) is 13.0 Å². The first-order valence-electron chi connectivity index (χ1n) is 6.58. The Kier molecular flexibility index (Phi) is 4.45. The van der Waals surface area contributed by atoms with Gasteiger partial charge in [0.05, 0.1) is 22.0 Å². The van der Waals surface area contributed by atoms with E-state index in [1.807, 2.05) is 11.7 Å². The van der Waals surface area contributed by atoms with E-state index < -0.39 is 0 Å². The van der Waals surface area contributed by atoms with Crippen LogP contribution in [0.1, 0.15) is 31.2 Å². The zero-order valence-electron chi connectivity index (χ0n) is 11.4. The molecule has 0 aromatic carbocycles. The molecule has 0 saturated heterocycles. The SMILES string of the molecule is CCc1nn(C)c(CN(C)CC2CC(O)C2)c1Br. The van der Waals surface area contributed by atoms with Crippen molar-refractivity contribution < 1.29 is 5.11 Å². The van der Waals surface area contributed by atoms with E-state index in [9.17, 15) is 5.11 Å². The summed E-state index contributed by atoms with van der Waals surface area (Å²) in [6.45, 7) is 4.07. The molecule has 102 valence electrons. The lowest BCUT2D eigenvalue weighted by Gasteiger charge is -2.34. The zero-order valence-corrected chi connectivity index (χ0v) is 12.9. The molecule has 1 aromatic heterocycles. The first kappa shape index (κ1) is 14.0. The van der Waals surface area contributed by atoms with Crippen molar-refractivity contribution in [3.05, 3.63) is 15.9 Å². The minimum Gasteiger partial charge on any atom is -0.393 e. The van der Waals surface area contributed by atoms with Gasteiger partial charge in [-0.1, -0.05) is 6.92 Å². The van der Waals surface area contributed by atoms with Gasteiger partial charge in [-0.05, 0) is 48.2 Å². The van der Waals surface area contributed by atoms with Gasteiger partial charge in [0, 0.05) is 20.1 Å². The van der Waals surface area contributed by atoms with E-state index in [0.29, 0.717) is 5.92 Å². The van der Waals surface area contributed by atoms with Gasteiger partial charge in [0.25, 0.3) is 0 Å². The third-order valence-corrected chi connectivity index (χ3v) is 4.62. The zero-order chi connectivity index (χ0) is 13.3. The lowest BCUT2D eigenvalue weighted by Crippen LogP contribution is -2.37. The molecular weight excluding hydrogens is 294 g/mol. The van der Waals surface area contributed by atoms with Crippen LogP contribution in [0.3, 0.4) is 0 Å². The Hall–Kier alpha value is -0.390. The summed E-state index contributed by atoms with van der Waals surface area (Å²) in [5.41, 5.74) is 2.36. The van der Waals surface area contributed by atoms with Crippen molar-refractivity contribution in [2.45, 2.75) is 38.8 Å². The molecule has 1 aliphatic rings. The molecule has 1 saturated carbocycles. The van der Waals surface area contributed by atoms with Crippen molar-refractivity contribution in [3.8, 4) is 0 Å². The molecule has 0 aliphatic heterocycles. The van der Waals surface area contributed by atoms with E-state index in [0.717, 1.165) is 42.5 Å². The van der Waals surface area contributed by atoms with Gasteiger partial charge in [0.2, 0.25) is 0 Å². The molecule has 18 heavy (non-hydrogen) atoms. The highest BCUT2D eigenvalue weighted by Crippen LogP contribution is 2.29. The van der Waals surface area contributed by atoms with Gasteiger partial charge in [-0.25, -0.2) is 0 Å². The van der Waals surface area contributed by atoms with Crippen LogP contribution in [0, 0.1) is 5.92 Å². The Labute approximate surface area is 117 Å². The van der Waals surface area contributed by atoms with Crippen LogP contribution < -0.4 is 0 Å². The molecular formula is C13H22BrN3O. The molecule has 0 atom stereocenters. The molecule has 0 amide bonds. The number of hydrogen-bond acceptors (Lipinski definition) is 3. The first-order chi connectivity index (χ1) is 8.51. The number of hydrogen-bond donors (Lipinski definition) is 1. The first-order valence-corrected chi connectivity index (χ1v) is 7.37. The predicted octanol–water partition coefficient (Wildman–Crippen LogP) is 1.95. The third-order valence-electron chi connectivity index (χ3n) is 3.70. The maximum atomic E-state index is 9.30. The number of nitrogens with zero attached hydrogens (tertiary/aromatic N) is 3. The average molecular weight is 316 g/mol. The van der Waals surface area contributed by atoms with Crippen LogP contribution in [-0.4, -0.2) is 39.5 Å². The Morgan fingerprint density at radius 3 is 2.67 bits per heavy atom. The Bertz CT molecular complexity index is 413. The maximum Gasteiger partial charge on any atom is 0.0767 e. The summed E-state index contributed by atoms with van der Waals surface area (Å²) in [6, 6.07) is 0. The Balaban J connectivity index is 1.94. The van der Waals surface area contributed by atoms with Crippen LogP contribution in [0.25, 0.3) is 0 Å². The molecule has 0 radical (unpaired) electrons. The predicted molar refractivity (Wildman–Crippen MR) is 75.4 cm³/mol. The molecule has 0 bridgehead atoms. The minimum absolute atomic E-state index is 0.0569. The van der Waals surface area contributed by atoms with E-state index >= 15 is 0 Å². The quantitative estimate of drug-likeness (QED) is 0.903. The van der Waals surface area contributed by atoms with Crippen molar-refractivity contribution >= 4 is 15.9 Å². The number of aliphatic hydroxyl groups excluding tert-OH is 1. The minimum atomic E-state index is -0.0569. The normalized spacial score (nSPS) is 23.4. The molecule has 1 N–H and O–H groups in total. The van der Waals surface area contributed by atoms with E-state index in [-0.39, 0.29) is 6.10 Å². The highest BCUT2D eigenvalue weighted by Gasteiger charge is 2.28. The van der Waals surface area contributed by atoms with Gasteiger partial charge in [0.15, 0.2) is 0 Å². The smallest absolute Gasteiger partial charge is 0.0767 e. The number of aliphatic hydroxyl groups is 1. The number of halogens is 1. The van der Waals surface area contributed by atoms with Crippen LogP contribution in [0.5, 0.6) is 0 Å². The van der Waals surface area contributed by atoms with Crippen LogP contribution in [0.4, 0.5) is 0 Å². The van der Waals surface area contributed by atoms with Crippen LogP contribution in [-0.2, 0) is 20.0 Å². The van der Waals surface area contributed by atoms with Crippen LogP contribution in [0.2, 0.25) is 0 Å². The van der Waals surface area contributed by atoms with Crippen LogP contribution in [0.15, 0.2) is 4.47 Å². The molecule has 0 unspecified atom stereocenters. The summed E-state index contributed by atoms with van der Waals surface area (Å²) in [6.07, 6.45) is 2.81. The Morgan fingerprint density at radius 1 is 1.50 bits per heavy atom. The van der Waals surface area contributed by atoms with Crippen molar-refractivity contribution in [3.63, 3.8) is 0 Å². The topological polar surface area (TPSA) is 41.3 Å². The second-order valence-corrected chi connectivity index (χ2v) is 6.17. The molecule has 4 nitrogen and oxygen atoms in total. The van der Waals surface area contributed by atoms with Crippen LogP contribution >= 0.6 is 15.9 Å². The highest BCUT2D eigenvalue weighted by atomic mass is 79.9. The fraction of sp³-hybridized carbons (Fsp3) is 0.769. The summed E-state index contributed by atoms with van der Waals surface area (Å²) < 4.78 is 3.11.